The van der Waals surface area contributed by atoms with Gasteiger partial charge in [-0.1, -0.05) is 19.3 Å². The third-order valence-electron chi connectivity index (χ3n) is 4.70. The van der Waals surface area contributed by atoms with Crippen LogP contribution in [0.25, 0.3) is 0 Å². The number of furan rings is 1. The van der Waals surface area contributed by atoms with E-state index in [2.05, 4.69) is 15.7 Å². The Hall–Kier alpha value is -2.28. The highest BCUT2D eigenvalue weighted by molar-refractivity contribution is 5.88. The molecule has 0 bridgehead atoms. The predicted octanol–water partition coefficient (Wildman–Crippen LogP) is 3.32. The molecule has 7 nitrogen and oxygen atoms in total. The second kappa shape index (κ2) is 7.31. The van der Waals surface area contributed by atoms with Crippen molar-refractivity contribution in [3.8, 4) is 0 Å². The van der Waals surface area contributed by atoms with Crippen molar-refractivity contribution >= 4 is 11.8 Å². The first-order valence-electron chi connectivity index (χ1n) is 8.83. The molecule has 2 aromatic heterocycles. The lowest BCUT2D eigenvalue weighted by Gasteiger charge is -2.24. The summed E-state index contributed by atoms with van der Waals surface area (Å²) >= 11 is 0. The third kappa shape index (κ3) is 4.22. The Bertz CT molecular complexity index is 713. The second-order valence-electron chi connectivity index (χ2n) is 6.94. The maximum absolute atomic E-state index is 12.2. The van der Waals surface area contributed by atoms with Gasteiger partial charge in [0.2, 0.25) is 0 Å². The van der Waals surface area contributed by atoms with E-state index in [0.717, 1.165) is 18.6 Å². The normalized spacial score (nSPS) is 17.9. The van der Waals surface area contributed by atoms with E-state index in [0.29, 0.717) is 17.6 Å². The summed E-state index contributed by atoms with van der Waals surface area (Å²) in [6, 6.07) is 5.26. The van der Waals surface area contributed by atoms with Crippen molar-refractivity contribution in [3.63, 3.8) is 0 Å². The molecule has 1 atom stereocenters. The van der Waals surface area contributed by atoms with Gasteiger partial charge in [-0.25, -0.2) is 9.48 Å². The van der Waals surface area contributed by atoms with Gasteiger partial charge in [-0.05, 0) is 38.8 Å². The largest absolute Gasteiger partial charge is 0.463 e. The highest BCUT2D eigenvalue weighted by atomic mass is 16.4. The van der Waals surface area contributed by atoms with Crippen LogP contribution in [-0.2, 0) is 5.60 Å². The van der Waals surface area contributed by atoms with E-state index < -0.39 is 5.60 Å². The lowest BCUT2D eigenvalue weighted by atomic mass is 9.96. The van der Waals surface area contributed by atoms with Gasteiger partial charge in [0, 0.05) is 6.07 Å². The number of rotatable bonds is 5. The van der Waals surface area contributed by atoms with Crippen LogP contribution in [0.15, 0.2) is 28.8 Å². The standard InChI is InChI=1S/C18H26N4O3/c1-13-8-9-15(25-13)18(2,24)12-19-17(23)21-16-10-11-20-22(16)14-6-4-3-5-7-14/h8-11,14,24H,3-7,12H2,1-2H3,(H2,19,21,23). The first kappa shape index (κ1) is 17.5. The fourth-order valence-electron chi connectivity index (χ4n) is 3.25. The van der Waals surface area contributed by atoms with Crippen LogP contribution in [0.2, 0.25) is 0 Å². The minimum atomic E-state index is -1.27. The van der Waals surface area contributed by atoms with Crippen LogP contribution in [0.3, 0.4) is 0 Å². The molecule has 0 radical (unpaired) electrons. The summed E-state index contributed by atoms with van der Waals surface area (Å²) in [6.07, 6.45) is 7.53. The molecule has 1 aliphatic carbocycles. The Morgan fingerprint density at radius 3 is 2.80 bits per heavy atom. The van der Waals surface area contributed by atoms with E-state index in [4.69, 9.17) is 4.42 Å². The van der Waals surface area contributed by atoms with Gasteiger partial charge in [-0.3, -0.25) is 5.32 Å². The van der Waals surface area contributed by atoms with E-state index in [1.54, 1.807) is 31.3 Å². The number of hydrogen-bond donors (Lipinski definition) is 3. The van der Waals surface area contributed by atoms with Crippen molar-refractivity contribution in [1.82, 2.24) is 15.1 Å². The molecule has 1 unspecified atom stereocenters. The van der Waals surface area contributed by atoms with Crippen LogP contribution in [0.5, 0.6) is 0 Å². The molecule has 25 heavy (non-hydrogen) atoms. The van der Waals surface area contributed by atoms with Gasteiger partial charge in [-0.2, -0.15) is 5.10 Å². The summed E-state index contributed by atoms with van der Waals surface area (Å²) in [4.78, 5) is 12.2. The van der Waals surface area contributed by atoms with Gasteiger partial charge >= 0.3 is 6.03 Å². The molecule has 0 spiro atoms. The molecule has 0 aliphatic heterocycles. The van der Waals surface area contributed by atoms with Gasteiger partial charge in [0.15, 0.2) is 0 Å². The Morgan fingerprint density at radius 1 is 1.36 bits per heavy atom. The zero-order valence-corrected chi connectivity index (χ0v) is 14.8. The minimum Gasteiger partial charge on any atom is -0.463 e. The van der Waals surface area contributed by atoms with E-state index in [1.165, 1.54) is 19.3 Å². The number of carbonyl (C=O) groups excluding carboxylic acids is 1. The molecule has 136 valence electrons. The minimum absolute atomic E-state index is 0.0450. The first-order chi connectivity index (χ1) is 12.0. The summed E-state index contributed by atoms with van der Waals surface area (Å²) in [5.74, 6) is 1.83. The number of urea groups is 1. The molecule has 0 aromatic carbocycles. The molecule has 1 aliphatic rings. The highest BCUT2D eigenvalue weighted by Gasteiger charge is 2.27. The number of aromatic nitrogens is 2. The molecule has 0 saturated heterocycles. The molecule has 2 heterocycles. The van der Waals surface area contributed by atoms with Crippen LogP contribution >= 0.6 is 0 Å². The number of hydrogen-bond acceptors (Lipinski definition) is 4. The predicted molar refractivity (Wildman–Crippen MR) is 94.4 cm³/mol. The molecule has 2 aromatic rings. The SMILES string of the molecule is Cc1ccc(C(C)(O)CNC(=O)Nc2ccnn2C2CCCCC2)o1. The molecule has 1 fully saturated rings. The Labute approximate surface area is 147 Å². The van der Waals surface area contributed by atoms with E-state index in [1.807, 2.05) is 11.6 Å². The molecule has 7 heteroatoms. The number of amides is 2. The maximum atomic E-state index is 12.2. The van der Waals surface area contributed by atoms with Gasteiger partial charge in [-0.15, -0.1) is 0 Å². The lowest BCUT2D eigenvalue weighted by molar-refractivity contribution is 0.0364. The number of nitrogens with one attached hydrogen (secondary N) is 2. The number of aryl methyl sites for hydroxylation is 1. The van der Waals surface area contributed by atoms with Crippen molar-refractivity contribution in [2.75, 3.05) is 11.9 Å². The number of aliphatic hydroxyl groups is 1. The number of anilines is 1. The van der Waals surface area contributed by atoms with Crippen molar-refractivity contribution in [2.45, 2.75) is 57.6 Å². The number of carbonyl (C=O) groups is 1. The van der Waals surface area contributed by atoms with E-state index in [9.17, 15) is 9.90 Å². The first-order valence-corrected chi connectivity index (χ1v) is 8.83. The summed E-state index contributed by atoms with van der Waals surface area (Å²) < 4.78 is 7.34. The molecule has 2 amide bonds. The molecule has 3 rings (SSSR count). The lowest BCUT2D eigenvalue weighted by Crippen LogP contribution is -2.40. The van der Waals surface area contributed by atoms with Gasteiger partial charge in [0.1, 0.15) is 22.9 Å². The van der Waals surface area contributed by atoms with Crippen LogP contribution in [-0.4, -0.2) is 27.5 Å². The maximum Gasteiger partial charge on any atom is 0.320 e. The zero-order valence-electron chi connectivity index (χ0n) is 14.8. The molecular formula is C18H26N4O3. The molecule has 3 N–H and O–H groups in total. The highest BCUT2D eigenvalue weighted by Crippen LogP contribution is 2.30. The summed E-state index contributed by atoms with van der Waals surface area (Å²) in [7, 11) is 0. The van der Waals surface area contributed by atoms with Crippen molar-refractivity contribution in [3.05, 3.63) is 35.9 Å². The van der Waals surface area contributed by atoms with Crippen LogP contribution in [0.1, 0.15) is 56.6 Å². The van der Waals surface area contributed by atoms with Crippen LogP contribution in [0, 0.1) is 6.92 Å². The van der Waals surface area contributed by atoms with Crippen molar-refractivity contribution in [2.24, 2.45) is 0 Å². The van der Waals surface area contributed by atoms with Gasteiger partial charge in [0.25, 0.3) is 0 Å². The second-order valence-corrected chi connectivity index (χ2v) is 6.94. The van der Waals surface area contributed by atoms with Gasteiger partial charge < -0.3 is 14.8 Å². The molecule has 1 saturated carbocycles. The quantitative estimate of drug-likeness (QED) is 0.774. The zero-order chi connectivity index (χ0) is 17.9. The van der Waals surface area contributed by atoms with Gasteiger partial charge in [0.05, 0.1) is 18.8 Å². The summed E-state index contributed by atoms with van der Waals surface area (Å²) in [5, 5.41) is 20.4. The fourth-order valence-corrected chi connectivity index (χ4v) is 3.25. The average Bonchev–Trinajstić information content (AvgIpc) is 3.23. The fraction of sp³-hybridized carbons (Fsp3) is 0.556. The summed E-state index contributed by atoms with van der Waals surface area (Å²) in [6.45, 7) is 3.47. The number of nitrogens with zero attached hydrogens (tertiary/aromatic N) is 2. The van der Waals surface area contributed by atoms with Crippen molar-refractivity contribution < 1.29 is 14.3 Å². The van der Waals surface area contributed by atoms with E-state index >= 15 is 0 Å². The molecular weight excluding hydrogens is 320 g/mol. The third-order valence-corrected chi connectivity index (χ3v) is 4.70. The summed E-state index contributed by atoms with van der Waals surface area (Å²) in [5.41, 5.74) is -1.27. The Kier molecular flexibility index (Phi) is 5.13. The van der Waals surface area contributed by atoms with Crippen LogP contribution < -0.4 is 10.6 Å². The van der Waals surface area contributed by atoms with Crippen LogP contribution in [0.4, 0.5) is 10.6 Å². The Morgan fingerprint density at radius 2 is 2.12 bits per heavy atom. The smallest absolute Gasteiger partial charge is 0.320 e. The average molecular weight is 346 g/mol. The topological polar surface area (TPSA) is 92.3 Å². The monoisotopic (exact) mass is 346 g/mol. The Balaban J connectivity index is 1.57. The van der Waals surface area contributed by atoms with Crippen molar-refractivity contribution in [1.29, 1.82) is 0 Å². The van der Waals surface area contributed by atoms with E-state index in [-0.39, 0.29) is 12.6 Å².